The number of hydrogen-bond acceptors (Lipinski definition) is 3. The van der Waals surface area contributed by atoms with Crippen molar-refractivity contribution in [2.45, 2.75) is 13.8 Å². The van der Waals surface area contributed by atoms with E-state index in [2.05, 4.69) is 29.4 Å². The molecule has 1 aromatic carbocycles. The van der Waals surface area contributed by atoms with Gasteiger partial charge in [0.2, 0.25) is 0 Å². The number of nitrogens with zero attached hydrogens (tertiary/aromatic N) is 1. The highest BCUT2D eigenvalue weighted by Gasteiger charge is 2.05. The summed E-state index contributed by atoms with van der Waals surface area (Å²) in [4.78, 5) is 14.0. The number of rotatable bonds is 5. The number of nitrogens with one attached hydrogen (secondary N) is 2. The minimum atomic E-state index is -0.219. The van der Waals surface area contributed by atoms with E-state index in [1.54, 1.807) is 0 Å². The van der Waals surface area contributed by atoms with Gasteiger partial charge in [-0.05, 0) is 55.6 Å². The van der Waals surface area contributed by atoms with E-state index < -0.39 is 0 Å². The molecule has 0 saturated carbocycles. The number of anilines is 3. The van der Waals surface area contributed by atoms with E-state index in [0.717, 1.165) is 23.8 Å². The molecule has 20 heavy (non-hydrogen) atoms. The molecule has 0 atom stereocenters. The van der Waals surface area contributed by atoms with Crippen LogP contribution < -0.4 is 15.5 Å². The number of hydrogen-bond donors (Lipinski definition) is 2. The van der Waals surface area contributed by atoms with Gasteiger partial charge in [0.05, 0.1) is 5.00 Å². The van der Waals surface area contributed by atoms with Crippen LogP contribution in [0, 0.1) is 0 Å². The summed E-state index contributed by atoms with van der Waals surface area (Å²) in [5, 5.41) is 8.37. The molecule has 0 radical (unpaired) electrons. The van der Waals surface area contributed by atoms with E-state index in [-0.39, 0.29) is 6.03 Å². The van der Waals surface area contributed by atoms with Gasteiger partial charge in [0, 0.05) is 24.5 Å². The van der Waals surface area contributed by atoms with Crippen LogP contribution in [0.1, 0.15) is 13.8 Å². The first-order valence-electron chi connectivity index (χ1n) is 6.69. The topological polar surface area (TPSA) is 44.4 Å². The molecule has 2 rings (SSSR count). The maximum absolute atomic E-state index is 11.8. The predicted octanol–water partition coefficient (Wildman–Crippen LogP) is 4.24. The Kier molecular flexibility index (Phi) is 5.01. The van der Waals surface area contributed by atoms with Gasteiger partial charge in [0.25, 0.3) is 0 Å². The molecule has 0 aliphatic heterocycles. The molecule has 1 heterocycles. The molecule has 2 amide bonds. The Morgan fingerprint density at radius 1 is 1.10 bits per heavy atom. The second kappa shape index (κ2) is 6.96. The van der Waals surface area contributed by atoms with Crippen molar-refractivity contribution >= 4 is 33.7 Å². The van der Waals surface area contributed by atoms with Crippen molar-refractivity contribution in [3.63, 3.8) is 0 Å². The molecule has 0 fully saturated rings. The average Bonchev–Trinajstić information content (AvgIpc) is 2.94. The lowest BCUT2D eigenvalue weighted by molar-refractivity contribution is 0.262. The van der Waals surface area contributed by atoms with E-state index in [0.29, 0.717) is 0 Å². The Labute approximate surface area is 123 Å². The summed E-state index contributed by atoms with van der Waals surface area (Å²) in [6, 6.07) is 11.4. The quantitative estimate of drug-likeness (QED) is 0.864. The van der Waals surface area contributed by atoms with Crippen LogP contribution in [0.25, 0.3) is 0 Å². The summed E-state index contributed by atoms with van der Waals surface area (Å²) in [6.07, 6.45) is 0. The average molecular weight is 289 g/mol. The standard InChI is InChI=1S/C15H19N3OS/c1-3-18(4-2)13-9-7-12(8-10-13)16-15(19)17-14-6-5-11-20-14/h5-11H,3-4H2,1-2H3,(H2,16,17,19). The van der Waals surface area contributed by atoms with E-state index in [9.17, 15) is 4.79 Å². The van der Waals surface area contributed by atoms with Crippen LogP contribution in [0.5, 0.6) is 0 Å². The van der Waals surface area contributed by atoms with Crippen molar-refractivity contribution < 1.29 is 4.79 Å². The lowest BCUT2D eigenvalue weighted by Crippen LogP contribution is -2.22. The summed E-state index contributed by atoms with van der Waals surface area (Å²) in [6.45, 7) is 6.21. The first-order valence-corrected chi connectivity index (χ1v) is 7.57. The number of benzene rings is 1. The molecule has 106 valence electrons. The zero-order chi connectivity index (χ0) is 14.4. The highest BCUT2D eigenvalue weighted by atomic mass is 32.1. The molecule has 0 saturated heterocycles. The highest BCUT2D eigenvalue weighted by molar-refractivity contribution is 7.14. The van der Waals surface area contributed by atoms with Crippen LogP contribution in [0.3, 0.4) is 0 Å². The van der Waals surface area contributed by atoms with Gasteiger partial charge in [-0.3, -0.25) is 5.32 Å². The third-order valence-corrected chi connectivity index (χ3v) is 3.80. The van der Waals surface area contributed by atoms with Crippen LogP contribution in [0.2, 0.25) is 0 Å². The van der Waals surface area contributed by atoms with Crippen LogP contribution >= 0.6 is 11.3 Å². The lowest BCUT2D eigenvalue weighted by atomic mass is 10.2. The Morgan fingerprint density at radius 2 is 1.80 bits per heavy atom. The molecule has 0 spiro atoms. The first kappa shape index (κ1) is 14.4. The van der Waals surface area contributed by atoms with Gasteiger partial charge >= 0.3 is 6.03 Å². The van der Waals surface area contributed by atoms with Crippen molar-refractivity contribution in [3.8, 4) is 0 Å². The number of thiophene rings is 1. The van der Waals surface area contributed by atoms with E-state index in [1.165, 1.54) is 17.0 Å². The van der Waals surface area contributed by atoms with Crippen molar-refractivity contribution in [3.05, 3.63) is 41.8 Å². The van der Waals surface area contributed by atoms with Crippen LogP contribution in [0.4, 0.5) is 21.2 Å². The fourth-order valence-corrected chi connectivity index (χ4v) is 2.58. The normalized spacial score (nSPS) is 10.1. The van der Waals surface area contributed by atoms with Gasteiger partial charge in [-0.2, -0.15) is 0 Å². The molecule has 4 nitrogen and oxygen atoms in total. The third kappa shape index (κ3) is 3.74. The lowest BCUT2D eigenvalue weighted by Gasteiger charge is -2.21. The fourth-order valence-electron chi connectivity index (χ4n) is 1.97. The third-order valence-electron chi connectivity index (χ3n) is 3.01. The molecule has 2 N–H and O–H groups in total. The van der Waals surface area contributed by atoms with Gasteiger partial charge in [0.15, 0.2) is 0 Å². The minimum Gasteiger partial charge on any atom is -0.372 e. The van der Waals surface area contributed by atoms with E-state index in [4.69, 9.17) is 0 Å². The number of urea groups is 1. The Morgan fingerprint density at radius 3 is 2.35 bits per heavy atom. The molecule has 0 aliphatic carbocycles. The van der Waals surface area contributed by atoms with Crippen molar-refractivity contribution in [2.75, 3.05) is 28.6 Å². The van der Waals surface area contributed by atoms with Gasteiger partial charge in [-0.25, -0.2) is 4.79 Å². The predicted molar refractivity (Wildman–Crippen MR) is 87.0 cm³/mol. The molecule has 0 unspecified atom stereocenters. The SMILES string of the molecule is CCN(CC)c1ccc(NC(=O)Nc2cccs2)cc1. The maximum Gasteiger partial charge on any atom is 0.324 e. The number of carbonyl (C=O) groups excluding carboxylic acids is 1. The summed E-state index contributed by atoms with van der Waals surface area (Å²) in [7, 11) is 0. The van der Waals surface area contributed by atoms with Crippen LogP contribution in [-0.4, -0.2) is 19.1 Å². The molecule has 0 aliphatic rings. The smallest absolute Gasteiger partial charge is 0.324 e. The monoisotopic (exact) mass is 289 g/mol. The largest absolute Gasteiger partial charge is 0.372 e. The van der Waals surface area contributed by atoms with Crippen LogP contribution in [0.15, 0.2) is 41.8 Å². The van der Waals surface area contributed by atoms with Gasteiger partial charge in [-0.15, -0.1) is 11.3 Å². The van der Waals surface area contributed by atoms with E-state index in [1.807, 2.05) is 41.8 Å². The Hall–Kier alpha value is -2.01. The minimum absolute atomic E-state index is 0.219. The molecule has 0 bridgehead atoms. The number of amides is 2. The van der Waals surface area contributed by atoms with Crippen molar-refractivity contribution in [2.24, 2.45) is 0 Å². The van der Waals surface area contributed by atoms with Gasteiger partial charge < -0.3 is 10.2 Å². The molecule has 2 aromatic rings. The first-order chi connectivity index (χ1) is 9.72. The molecule has 1 aromatic heterocycles. The second-order valence-electron chi connectivity index (χ2n) is 4.28. The van der Waals surface area contributed by atoms with Crippen molar-refractivity contribution in [1.82, 2.24) is 0 Å². The van der Waals surface area contributed by atoms with Gasteiger partial charge in [-0.1, -0.05) is 0 Å². The maximum atomic E-state index is 11.8. The van der Waals surface area contributed by atoms with Gasteiger partial charge in [0.1, 0.15) is 0 Å². The summed E-state index contributed by atoms with van der Waals surface area (Å²) in [5.74, 6) is 0. The zero-order valence-corrected chi connectivity index (χ0v) is 12.5. The zero-order valence-electron chi connectivity index (χ0n) is 11.7. The number of carbonyl (C=O) groups is 1. The second-order valence-corrected chi connectivity index (χ2v) is 5.22. The van der Waals surface area contributed by atoms with Crippen molar-refractivity contribution in [1.29, 1.82) is 0 Å². The Balaban J connectivity index is 1.95. The summed E-state index contributed by atoms with van der Waals surface area (Å²) in [5.41, 5.74) is 1.95. The molecular formula is C15H19N3OS. The van der Waals surface area contributed by atoms with E-state index >= 15 is 0 Å². The highest BCUT2D eigenvalue weighted by Crippen LogP contribution is 2.19. The molecule has 5 heteroatoms. The molecular weight excluding hydrogens is 270 g/mol. The van der Waals surface area contributed by atoms with Crippen LogP contribution in [-0.2, 0) is 0 Å². The summed E-state index contributed by atoms with van der Waals surface area (Å²) < 4.78 is 0. The summed E-state index contributed by atoms with van der Waals surface area (Å²) >= 11 is 1.50. The fraction of sp³-hybridized carbons (Fsp3) is 0.267. The Bertz CT molecular complexity index is 533.